The number of benzene rings is 1. The van der Waals surface area contributed by atoms with Crippen LogP contribution < -0.4 is 10.2 Å². The van der Waals surface area contributed by atoms with Gasteiger partial charge in [-0.3, -0.25) is 4.79 Å². The van der Waals surface area contributed by atoms with Gasteiger partial charge in [-0.2, -0.15) is 0 Å². The van der Waals surface area contributed by atoms with E-state index in [1.807, 2.05) is 50.2 Å². The molecule has 5 nitrogen and oxygen atoms in total. The molecule has 1 saturated heterocycles. The molecule has 24 heavy (non-hydrogen) atoms. The lowest BCUT2D eigenvalue weighted by molar-refractivity contribution is -0.125. The quantitative estimate of drug-likeness (QED) is 0.939. The van der Waals surface area contributed by atoms with Gasteiger partial charge in [-0.25, -0.2) is 9.97 Å². The third-order valence-corrected chi connectivity index (χ3v) is 4.27. The van der Waals surface area contributed by atoms with Crippen LogP contribution in [-0.4, -0.2) is 35.0 Å². The summed E-state index contributed by atoms with van der Waals surface area (Å²) >= 11 is 0. The minimum absolute atomic E-state index is 0.0243. The first-order valence-electron chi connectivity index (χ1n) is 8.56. The van der Waals surface area contributed by atoms with Crippen molar-refractivity contribution in [3.63, 3.8) is 0 Å². The van der Waals surface area contributed by atoms with E-state index in [2.05, 4.69) is 20.2 Å². The molecule has 0 bridgehead atoms. The molecular formula is C19H24N4O. The van der Waals surface area contributed by atoms with Crippen LogP contribution in [0.2, 0.25) is 0 Å². The summed E-state index contributed by atoms with van der Waals surface area (Å²) in [5, 5.41) is 3.02. The van der Waals surface area contributed by atoms with Crippen molar-refractivity contribution >= 4 is 11.7 Å². The second-order valence-electron chi connectivity index (χ2n) is 6.58. The predicted molar refractivity (Wildman–Crippen MR) is 95.7 cm³/mol. The average Bonchev–Trinajstić information content (AvgIpc) is 2.62. The van der Waals surface area contributed by atoms with E-state index >= 15 is 0 Å². The molecule has 1 unspecified atom stereocenters. The third kappa shape index (κ3) is 3.91. The Bertz CT molecular complexity index is 687. The van der Waals surface area contributed by atoms with Crippen LogP contribution in [0.3, 0.4) is 0 Å². The van der Waals surface area contributed by atoms with E-state index in [1.54, 1.807) is 6.33 Å². The molecule has 1 N–H and O–H groups in total. The maximum Gasteiger partial charge on any atom is 0.225 e. The first-order chi connectivity index (χ1) is 11.6. The standard InChI is InChI=1S/C19H24N4O/c1-14(2)22-19(24)16-9-6-10-23(12-16)18-11-17(20-13-21-18)15-7-4-3-5-8-15/h3-5,7-8,11,13-14,16H,6,9-10,12H2,1-2H3,(H,22,24). The lowest BCUT2D eigenvalue weighted by atomic mass is 9.96. The molecule has 1 aromatic carbocycles. The van der Waals surface area contributed by atoms with E-state index in [0.29, 0.717) is 6.54 Å². The molecule has 3 rings (SSSR count). The molecule has 0 saturated carbocycles. The summed E-state index contributed by atoms with van der Waals surface area (Å²) in [6.07, 6.45) is 3.54. The molecule has 2 heterocycles. The number of piperidine rings is 1. The van der Waals surface area contributed by atoms with Gasteiger partial charge in [-0.15, -0.1) is 0 Å². The molecule has 2 aromatic rings. The molecule has 0 radical (unpaired) electrons. The Morgan fingerprint density at radius 2 is 2.04 bits per heavy atom. The summed E-state index contributed by atoms with van der Waals surface area (Å²) in [4.78, 5) is 23.3. The van der Waals surface area contributed by atoms with Crippen LogP contribution in [0, 0.1) is 5.92 Å². The van der Waals surface area contributed by atoms with Crippen LogP contribution in [0.15, 0.2) is 42.7 Å². The molecule has 1 atom stereocenters. The van der Waals surface area contributed by atoms with E-state index in [0.717, 1.165) is 36.5 Å². The van der Waals surface area contributed by atoms with E-state index < -0.39 is 0 Å². The average molecular weight is 324 g/mol. The van der Waals surface area contributed by atoms with Gasteiger partial charge < -0.3 is 10.2 Å². The van der Waals surface area contributed by atoms with Gasteiger partial charge in [-0.05, 0) is 26.7 Å². The van der Waals surface area contributed by atoms with Crippen molar-refractivity contribution < 1.29 is 4.79 Å². The highest BCUT2D eigenvalue weighted by Crippen LogP contribution is 2.25. The van der Waals surface area contributed by atoms with Gasteiger partial charge in [0.2, 0.25) is 5.91 Å². The van der Waals surface area contributed by atoms with Crippen molar-refractivity contribution in [1.29, 1.82) is 0 Å². The molecule has 0 spiro atoms. The number of aromatic nitrogens is 2. The van der Waals surface area contributed by atoms with Crippen LogP contribution in [0.25, 0.3) is 11.3 Å². The van der Waals surface area contributed by atoms with E-state index in [4.69, 9.17) is 0 Å². The fourth-order valence-corrected chi connectivity index (χ4v) is 3.09. The molecule has 1 fully saturated rings. The Balaban J connectivity index is 1.75. The third-order valence-electron chi connectivity index (χ3n) is 4.27. The van der Waals surface area contributed by atoms with Gasteiger partial charge in [0.25, 0.3) is 0 Å². The zero-order valence-corrected chi connectivity index (χ0v) is 14.3. The van der Waals surface area contributed by atoms with Crippen LogP contribution in [0.1, 0.15) is 26.7 Å². The number of carbonyl (C=O) groups excluding carboxylic acids is 1. The Kier molecular flexibility index (Phi) is 5.08. The van der Waals surface area contributed by atoms with Gasteiger partial charge in [0, 0.05) is 30.8 Å². The van der Waals surface area contributed by atoms with Crippen molar-refractivity contribution in [3.8, 4) is 11.3 Å². The minimum atomic E-state index is 0.0243. The fraction of sp³-hybridized carbons (Fsp3) is 0.421. The van der Waals surface area contributed by atoms with Crippen LogP contribution in [0.4, 0.5) is 5.82 Å². The lowest BCUT2D eigenvalue weighted by Gasteiger charge is -2.33. The first-order valence-corrected chi connectivity index (χ1v) is 8.56. The number of anilines is 1. The first kappa shape index (κ1) is 16.4. The Morgan fingerprint density at radius 3 is 2.79 bits per heavy atom. The number of rotatable bonds is 4. The number of amides is 1. The van der Waals surface area contributed by atoms with Gasteiger partial charge >= 0.3 is 0 Å². The van der Waals surface area contributed by atoms with Gasteiger partial charge in [0.1, 0.15) is 12.1 Å². The van der Waals surface area contributed by atoms with Gasteiger partial charge in [0.15, 0.2) is 0 Å². The van der Waals surface area contributed by atoms with Crippen molar-refractivity contribution in [2.45, 2.75) is 32.7 Å². The summed E-state index contributed by atoms with van der Waals surface area (Å²) in [5.41, 5.74) is 1.99. The number of hydrogen-bond donors (Lipinski definition) is 1. The van der Waals surface area contributed by atoms with Crippen molar-refractivity contribution in [1.82, 2.24) is 15.3 Å². The zero-order valence-electron chi connectivity index (χ0n) is 14.3. The molecule has 1 aliphatic heterocycles. The summed E-state index contributed by atoms with van der Waals surface area (Å²) in [6, 6.07) is 12.3. The number of carbonyl (C=O) groups is 1. The Hall–Kier alpha value is -2.43. The maximum atomic E-state index is 12.3. The molecular weight excluding hydrogens is 300 g/mol. The number of hydrogen-bond acceptors (Lipinski definition) is 4. The Morgan fingerprint density at radius 1 is 1.25 bits per heavy atom. The summed E-state index contributed by atoms with van der Waals surface area (Å²) < 4.78 is 0. The smallest absolute Gasteiger partial charge is 0.225 e. The molecule has 0 aliphatic carbocycles. The topological polar surface area (TPSA) is 58.1 Å². The highest BCUT2D eigenvalue weighted by atomic mass is 16.2. The van der Waals surface area contributed by atoms with E-state index in [9.17, 15) is 4.79 Å². The van der Waals surface area contributed by atoms with Crippen molar-refractivity contribution in [3.05, 3.63) is 42.7 Å². The maximum absolute atomic E-state index is 12.3. The normalized spacial score (nSPS) is 17.8. The monoisotopic (exact) mass is 324 g/mol. The van der Waals surface area contributed by atoms with Gasteiger partial charge in [0.05, 0.1) is 11.6 Å². The fourth-order valence-electron chi connectivity index (χ4n) is 3.09. The second-order valence-corrected chi connectivity index (χ2v) is 6.58. The van der Waals surface area contributed by atoms with Gasteiger partial charge in [-0.1, -0.05) is 30.3 Å². The van der Waals surface area contributed by atoms with E-state index in [-0.39, 0.29) is 17.9 Å². The van der Waals surface area contributed by atoms with E-state index in [1.165, 1.54) is 0 Å². The summed E-state index contributed by atoms with van der Waals surface area (Å²) in [6.45, 7) is 5.63. The molecule has 1 aliphatic rings. The molecule has 5 heteroatoms. The van der Waals surface area contributed by atoms with Crippen LogP contribution in [-0.2, 0) is 4.79 Å². The SMILES string of the molecule is CC(C)NC(=O)C1CCCN(c2cc(-c3ccccc3)ncn2)C1. The van der Waals surface area contributed by atoms with Crippen molar-refractivity contribution in [2.75, 3.05) is 18.0 Å². The Labute approximate surface area is 143 Å². The highest BCUT2D eigenvalue weighted by Gasteiger charge is 2.27. The molecule has 1 amide bonds. The zero-order chi connectivity index (χ0) is 16.9. The summed E-state index contributed by atoms with van der Waals surface area (Å²) in [5.74, 6) is 1.06. The van der Waals surface area contributed by atoms with Crippen molar-refractivity contribution in [2.24, 2.45) is 5.92 Å². The minimum Gasteiger partial charge on any atom is -0.356 e. The highest BCUT2D eigenvalue weighted by molar-refractivity contribution is 5.79. The van der Waals surface area contributed by atoms with Crippen LogP contribution in [0.5, 0.6) is 0 Å². The molecule has 1 aromatic heterocycles. The van der Waals surface area contributed by atoms with Crippen LogP contribution >= 0.6 is 0 Å². The second kappa shape index (κ2) is 7.43. The molecule has 126 valence electrons. The number of nitrogens with zero attached hydrogens (tertiary/aromatic N) is 3. The predicted octanol–water partition coefficient (Wildman–Crippen LogP) is 2.88. The number of nitrogens with one attached hydrogen (secondary N) is 1. The lowest BCUT2D eigenvalue weighted by Crippen LogP contribution is -2.45. The summed E-state index contributed by atoms with van der Waals surface area (Å²) in [7, 11) is 0. The largest absolute Gasteiger partial charge is 0.356 e.